The van der Waals surface area contributed by atoms with Crippen LogP contribution in [-0.2, 0) is 16.1 Å². The fourth-order valence-electron chi connectivity index (χ4n) is 5.41. The molecule has 9 heteroatoms. The minimum Gasteiger partial charge on any atom is -0.493 e. The van der Waals surface area contributed by atoms with Gasteiger partial charge in [-0.2, -0.15) is 0 Å². The van der Waals surface area contributed by atoms with Gasteiger partial charge >= 0.3 is 0 Å². The minimum absolute atomic E-state index is 0.0299. The van der Waals surface area contributed by atoms with Crippen molar-refractivity contribution in [2.45, 2.75) is 56.4 Å². The van der Waals surface area contributed by atoms with Gasteiger partial charge in [-0.25, -0.2) is 0 Å². The van der Waals surface area contributed by atoms with Crippen LogP contribution >= 0.6 is 0 Å². The average molecular weight is 549 g/mol. The van der Waals surface area contributed by atoms with Crippen LogP contribution in [0, 0.1) is 0 Å². The highest BCUT2D eigenvalue weighted by molar-refractivity contribution is 5.96. The van der Waals surface area contributed by atoms with E-state index in [2.05, 4.69) is 11.9 Å². The Kier molecular flexibility index (Phi) is 9.74. The highest BCUT2D eigenvalue weighted by Gasteiger charge is 2.51. The number of aliphatic hydroxyl groups is 2. The van der Waals surface area contributed by atoms with E-state index < -0.39 is 30.1 Å². The number of aldehydes is 1. The zero-order valence-corrected chi connectivity index (χ0v) is 22.6. The molecule has 0 saturated heterocycles. The smallest absolute Gasteiger partial charge is 0.247 e. The lowest BCUT2D eigenvalue weighted by atomic mass is 9.77. The van der Waals surface area contributed by atoms with Crippen LogP contribution in [0.2, 0.25) is 0 Å². The zero-order chi connectivity index (χ0) is 28.6. The molecule has 0 spiro atoms. The number of nitrogens with zero attached hydrogens (tertiary/aromatic N) is 1. The van der Waals surface area contributed by atoms with E-state index in [4.69, 9.17) is 9.47 Å². The Labute approximate surface area is 234 Å². The second-order valence-corrected chi connectivity index (χ2v) is 9.94. The van der Waals surface area contributed by atoms with Gasteiger partial charge in [-0.1, -0.05) is 36.4 Å². The van der Waals surface area contributed by atoms with Crippen molar-refractivity contribution in [1.82, 2.24) is 10.2 Å². The number of fused-ring (bicyclic) bond motifs is 3. The van der Waals surface area contributed by atoms with Crippen LogP contribution in [0.3, 0.4) is 0 Å². The van der Waals surface area contributed by atoms with Crippen molar-refractivity contribution >= 4 is 18.1 Å². The van der Waals surface area contributed by atoms with E-state index in [9.17, 15) is 24.6 Å². The number of allylic oxidation sites excluding steroid dienone is 1. The van der Waals surface area contributed by atoms with Crippen molar-refractivity contribution < 1.29 is 34.1 Å². The largest absolute Gasteiger partial charge is 0.493 e. The van der Waals surface area contributed by atoms with Gasteiger partial charge in [-0.05, 0) is 43.0 Å². The van der Waals surface area contributed by atoms with Gasteiger partial charge in [0.2, 0.25) is 11.8 Å². The number of methoxy groups -OCH3 is 1. The topological polar surface area (TPSA) is 125 Å². The predicted octanol–water partition coefficient (Wildman–Crippen LogP) is 2.91. The van der Waals surface area contributed by atoms with E-state index in [0.29, 0.717) is 35.3 Å². The van der Waals surface area contributed by atoms with Crippen LogP contribution < -0.4 is 14.8 Å². The van der Waals surface area contributed by atoms with Crippen molar-refractivity contribution in [3.63, 3.8) is 0 Å². The number of carbonyl (C=O) groups is 3. The molecule has 40 heavy (non-hydrogen) atoms. The molecular formula is C31H36N2O7. The molecule has 2 aromatic carbocycles. The maximum absolute atomic E-state index is 13.6. The third kappa shape index (κ3) is 6.11. The average Bonchev–Trinajstić information content (AvgIpc) is 3.37. The Morgan fingerprint density at radius 3 is 2.65 bits per heavy atom. The molecule has 3 N–H and O–H groups in total. The van der Waals surface area contributed by atoms with E-state index in [1.54, 1.807) is 17.0 Å². The van der Waals surface area contributed by atoms with E-state index in [1.807, 2.05) is 36.4 Å². The molecule has 0 bridgehead atoms. The summed E-state index contributed by atoms with van der Waals surface area (Å²) in [5.41, 5.74) is 2.05. The summed E-state index contributed by atoms with van der Waals surface area (Å²) >= 11 is 0. The first-order valence-corrected chi connectivity index (χ1v) is 13.5. The molecule has 1 aliphatic carbocycles. The van der Waals surface area contributed by atoms with Gasteiger partial charge in [-0.15, -0.1) is 6.58 Å². The van der Waals surface area contributed by atoms with Gasteiger partial charge in [0.15, 0.2) is 11.5 Å². The molecule has 212 valence electrons. The minimum atomic E-state index is -1.18. The molecule has 0 unspecified atom stereocenters. The van der Waals surface area contributed by atoms with E-state index in [-0.39, 0.29) is 37.6 Å². The molecule has 2 aliphatic rings. The number of ether oxygens (including phenoxy) is 2. The fourth-order valence-corrected chi connectivity index (χ4v) is 5.41. The van der Waals surface area contributed by atoms with Crippen molar-refractivity contribution in [2.75, 3.05) is 20.3 Å². The SMILES string of the molecule is C=CCCCCC(=O)N(Cc1ccccc1)[C@@H]1C=C(C(=O)NCCO)[C@@H]2c3cc(C=O)cc(OC)c3O[C@@H]2[C@H]1O. The summed E-state index contributed by atoms with van der Waals surface area (Å²) in [6.45, 7) is 3.75. The molecule has 4 atom stereocenters. The summed E-state index contributed by atoms with van der Waals surface area (Å²) in [7, 11) is 1.45. The maximum atomic E-state index is 13.6. The number of unbranched alkanes of at least 4 members (excludes halogenated alkanes) is 2. The summed E-state index contributed by atoms with van der Waals surface area (Å²) in [5.74, 6) is -0.666. The van der Waals surface area contributed by atoms with Gasteiger partial charge in [0.25, 0.3) is 0 Å². The molecule has 1 aliphatic heterocycles. The molecular weight excluding hydrogens is 512 g/mol. The first-order valence-electron chi connectivity index (χ1n) is 13.5. The number of carbonyl (C=O) groups excluding carboxylic acids is 3. The van der Waals surface area contributed by atoms with Crippen molar-refractivity contribution in [3.05, 3.63) is 83.5 Å². The highest BCUT2D eigenvalue weighted by atomic mass is 16.5. The lowest BCUT2D eigenvalue weighted by molar-refractivity contribution is -0.138. The Morgan fingerprint density at radius 2 is 1.98 bits per heavy atom. The van der Waals surface area contributed by atoms with Crippen LogP contribution in [0.25, 0.3) is 0 Å². The number of rotatable bonds is 13. The molecule has 0 saturated carbocycles. The third-order valence-electron chi connectivity index (χ3n) is 7.34. The van der Waals surface area contributed by atoms with Crippen LogP contribution in [0.4, 0.5) is 0 Å². The van der Waals surface area contributed by atoms with Crippen LogP contribution in [0.1, 0.15) is 53.1 Å². The molecule has 0 aromatic heterocycles. The molecule has 9 nitrogen and oxygen atoms in total. The van der Waals surface area contributed by atoms with Gasteiger partial charge in [0.1, 0.15) is 18.5 Å². The first kappa shape index (κ1) is 29.0. The summed E-state index contributed by atoms with van der Waals surface area (Å²) < 4.78 is 11.7. The number of nitrogens with one attached hydrogen (secondary N) is 1. The number of hydrogen-bond acceptors (Lipinski definition) is 7. The predicted molar refractivity (Wildman–Crippen MR) is 149 cm³/mol. The number of amides is 2. The third-order valence-corrected chi connectivity index (χ3v) is 7.34. The van der Waals surface area contributed by atoms with Gasteiger partial charge < -0.3 is 29.9 Å². The Hall–Kier alpha value is -3.95. The lowest BCUT2D eigenvalue weighted by Crippen LogP contribution is -2.55. The zero-order valence-electron chi connectivity index (χ0n) is 22.6. The fraction of sp³-hybridized carbons (Fsp3) is 0.387. The van der Waals surface area contributed by atoms with Gasteiger partial charge in [0, 0.05) is 36.2 Å². The Bertz CT molecular complexity index is 1260. The Balaban J connectivity index is 1.77. The summed E-state index contributed by atoms with van der Waals surface area (Å²) in [6, 6.07) is 11.8. The van der Waals surface area contributed by atoms with Crippen molar-refractivity contribution in [3.8, 4) is 11.5 Å². The van der Waals surface area contributed by atoms with E-state index in [1.165, 1.54) is 13.2 Å². The van der Waals surface area contributed by atoms with Crippen LogP contribution in [-0.4, -0.2) is 71.7 Å². The van der Waals surface area contributed by atoms with Crippen molar-refractivity contribution in [2.24, 2.45) is 0 Å². The molecule has 2 aromatic rings. The molecule has 0 fully saturated rings. The van der Waals surface area contributed by atoms with Crippen LogP contribution in [0.5, 0.6) is 11.5 Å². The number of benzene rings is 2. The highest BCUT2D eigenvalue weighted by Crippen LogP contribution is 2.51. The number of hydrogen-bond donors (Lipinski definition) is 3. The number of aliphatic hydroxyl groups excluding tert-OH is 2. The van der Waals surface area contributed by atoms with E-state index >= 15 is 0 Å². The normalized spacial score (nSPS) is 20.8. The molecule has 4 rings (SSSR count). The standard InChI is InChI=1S/C31H36N2O7/c1-3-4-5-9-12-26(36)33(18-20-10-7-6-8-11-20)24-17-23(31(38)32-13-14-34)27-22-15-21(19-35)16-25(39-2)29(22)40-30(27)28(24)37/h3,6-8,10-11,15-17,19,24,27-28,30,34,37H,1,4-5,9,12-14,18H2,2H3,(H,32,38)/t24-,27+,28+,30+/m1/s1. The van der Waals surface area contributed by atoms with Crippen LogP contribution in [0.15, 0.2) is 66.8 Å². The first-order chi connectivity index (χ1) is 19.4. The van der Waals surface area contributed by atoms with Gasteiger partial charge in [0.05, 0.1) is 25.7 Å². The van der Waals surface area contributed by atoms with E-state index in [0.717, 1.165) is 18.4 Å². The summed E-state index contributed by atoms with van der Waals surface area (Å²) in [6.07, 6.45) is 4.57. The quantitative estimate of drug-likeness (QED) is 0.200. The molecule has 2 amide bonds. The molecule has 0 radical (unpaired) electrons. The van der Waals surface area contributed by atoms with Gasteiger partial charge in [-0.3, -0.25) is 14.4 Å². The lowest BCUT2D eigenvalue weighted by Gasteiger charge is -2.41. The molecule has 1 heterocycles. The second kappa shape index (κ2) is 13.4. The van der Waals surface area contributed by atoms with Crippen molar-refractivity contribution in [1.29, 1.82) is 0 Å². The maximum Gasteiger partial charge on any atom is 0.247 e. The Morgan fingerprint density at radius 1 is 1.20 bits per heavy atom. The summed E-state index contributed by atoms with van der Waals surface area (Å²) in [4.78, 5) is 40.3. The second-order valence-electron chi connectivity index (χ2n) is 9.94. The summed E-state index contributed by atoms with van der Waals surface area (Å²) in [5, 5.41) is 23.7. The monoisotopic (exact) mass is 548 g/mol.